The van der Waals surface area contributed by atoms with Gasteiger partial charge in [-0.1, -0.05) is 11.6 Å². The van der Waals surface area contributed by atoms with Crippen molar-refractivity contribution in [2.24, 2.45) is 11.8 Å². The predicted molar refractivity (Wildman–Crippen MR) is 130 cm³/mol. The average molecular weight is 508 g/mol. The van der Waals surface area contributed by atoms with Crippen LogP contribution in [0.1, 0.15) is 31.4 Å². The van der Waals surface area contributed by atoms with Gasteiger partial charge in [0.15, 0.2) is 0 Å². The Kier molecular flexibility index (Phi) is 8.13. The monoisotopic (exact) mass is 507 g/mol. The number of hydrogen-bond acceptors (Lipinski definition) is 8. The maximum Gasteiger partial charge on any atom is 0.211 e. The fourth-order valence-corrected chi connectivity index (χ4v) is 5.50. The van der Waals surface area contributed by atoms with Crippen molar-refractivity contribution in [3.8, 4) is 11.3 Å². The normalized spacial score (nSPS) is 20.2. The van der Waals surface area contributed by atoms with Gasteiger partial charge in [0.05, 0.1) is 29.4 Å². The number of ether oxygens (including phenoxy) is 1. The number of rotatable bonds is 8. The van der Waals surface area contributed by atoms with E-state index in [-0.39, 0.29) is 24.7 Å². The van der Waals surface area contributed by atoms with E-state index in [4.69, 9.17) is 16.3 Å². The zero-order valence-corrected chi connectivity index (χ0v) is 20.8. The number of Topliss-reactive ketones (excluding diaryl/α,β-unsaturated/α-hetero) is 1. The molecule has 2 fully saturated rings. The molecule has 2 aromatic heterocycles. The fraction of sp³-hybridized carbons (Fsp3) is 0.565. The second-order valence-electron chi connectivity index (χ2n) is 8.98. The number of nitrogens with zero attached hydrogens (tertiary/aromatic N) is 4. The van der Waals surface area contributed by atoms with Crippen LogP contribution in [0.4, 0.5) is 5.82 Å². The highest BCUT2D eigenvalue weighted by Crippen LogP contribution is 2.28. The van der Waals surface area contributed by atoms with E-state index in [1.54, 1.807) is 18.5 Å². The summed E-state index contributed by atoms with van der Waals surface area (Å²) in [4.78, 5) is 26.2. The molecule has 0 spiro atoms. The average Bonchev–Trinajstić information content (AvgIpc) is 2.84. The van der Waals surface area contributed by atoms with Gasteiger partial charge in [-0.2, -0.15) is 0 Å². The van der Waals surface area contributed by atoms with Crippen molar-refractivity contribution >= 4 is 33.2 Å². The van der Waals surface area contributed by atoms with E-state index in [9.17, 15) is 13.2 Å². The molecule has 4 rings (SSSR count). The Hall–Kier alpha value is -2.14. The lowest BCUT2D eigenvalue weighted by molar-refractivity contribution is -0.123. The predicted octanol–water partition coefficient (Wildman–Crippen LogP) is 2.81. The van der Waals surface area contributed by atoms with Gasteiger partial charge >= 0.3 is 0 Å². The molecular formula is C23H30ClN5O4S. The van der Waals surface area contributed by atoms with Crippen LogP contribution < -0.4 is 5.32 Å². The first kappa shape index (κ1) is 25.0. The number of carbonyl (C=O) groups excluding carboxylic acids is 1. The standard InChI is InChI=1S/C23H30ClN5O4S/c1-34(31,32)29-6-2-3-17(15-29)22(30)10-18-9-19(20(24)12-26-18)21-13-25-14-23(28-21)27-11-16-4-7-33-8-5-16/h9,12-14,16-17H,2-8,10-11,15H2,1H3,(H,27,28)/t17-/m0/s1. The maximum absolute atomic E-state index is 12.9. The molecule has 2 aromatic rings. The van der Waals surface area contributed by atoms with E-state index in [0.717, 1.165) is 32.6 Å². The molecule has 1 N–H and O–H groups in total. The molecule has 0 amide bonds. The molecule has 34 heavy (non-hydrogen) atoms. The van der Waals surface area contributed by atoms with Crippen molar-refractivity contribution in [3.05, 3.63) is 35.4 Å². The van der Waals surface area contributed by atoms with E-state index in [1.807, 2.05) is 0 Å². The van der Waals surface area contributed by atoms with Gasteiger partial charge in [-0.05, 0) is 37.7 Å². The minimum absolute atomic E-state index is 0.0212. The van der Waals surface area contributed by atoms with Crippen LogP contribution in [-0.2, 0) is 26.0 Å². The van der Waals surface area contributed by atoms with Crippen molar-refractivity contribution in [2.45, 2.75) is 32.1 Å². The molecule has 0 saturated carbocycles. The zero-order chi connectivity index (χ0) is 24.1. The first-order valence-corrected chi connectivity index (χ1v) is 13.8. The number of halogens is 1. The highest BCUT2D eigenvalue weighted by Gasteiger charge is 2.30. The Balaban J connectivity index is 1.44. The minimum Gasteiger partial charge on any atom is -0.381 e. The number of ketones is 1. The third-order valence-corrected chi connectivity index (χ3v) is 7.97. The Labute approximate surface area is 205 Å². The summed E-state index contributed by atoms with van der Waals surface area (Å²) in [6.45, 7) is 3.07. The Morgan fingerprint density at radius 3 is 2.79 bits per heavy atom. The second kappa shape index (κ2) is 11.1. The lowest BCUT2D eigenvalue weighted by atomic mass is 9.92. The van der Waals surface area contributed by atoms with Crippen molar-refractivity contribution in [1.29, 1.82) is 0 Å². The van der Waals surface area contributed by atoms with Gasteiger partial charge in [0.2, 0.25) is 10.0 Å². The second-order valence-corrected chi connectivity index (χ2v) is 11.4. The van der Waals surface area contributed by atoms with Crippen molar-refractivity contribution in [2.75, 3.05) is 44.4 Å². The number of pyridine rings is 1. The molecule has 2 aliphatic heterocycles. The van der Waals surface area contributed by atoms with Crippen LogP contribution in [0.25, 0.3) is 11.3 Å². The number of nitrogens with one attached hydrogen (secondary N) is 1. The lowest BCUT2D eigenvalue weighted by Gasteiger charge is -2.30. The summed E-state index contributed by atoms with van der Waals surface area (Å²) in [7, 11) is -3.31. The smallest absolute Gasteiger partial charge is 0.211 e. The zero-order valence-electron chi connectivity index (χ0n) is 19.2. The summed E-state index contributed by atoms with van der Waals surface area (Å²) in [6.07, 6.45) is 9.53. The number of anilines is 1. The molecule has 1 atom stereocenters. The van der Waals surface area contributed by atoms with Gasteiger partial charge in [-0.3, -0.25) is 14.8 Å². The van der Waals surface area contributed by atoms with Gasteiger partial charge in [-0.25, -0.2) is 17.7 Å². The summed E-state index contributed by atoms with van der Waals surface area (Å²) in [5.74, 6) is 0.853. The number of sulfonamides is 1. The van der Waals surface area contributed by atoms with E-state index >= 15 is 0 Å². The molecule has 2 saturated heterocycles. The molecule has 9 nitrogen and oxygen atoms in total. The largest absolute Gasteiger partial charge is 0.381 e. The third kappa shape index (κ3) is 6.50. The van der Waals surface area contributed by atoms with E-state index in [0.29, 0.717) is 53.1 Å². The van der Waals surface area contributed by atoms with E-state index in [2.05, 4.69) is 20.3 Å². The van der Waals surface area contributed by atoms with Gasteiger partial charge < -0.3 is 10.1 Å². The van der Waals surface area contributed by atoms with Crippen LogP contribution in [0.2, 0.25) is 5.02 Å². The topological polar surface area (TPSA) is 114 Å². The number of hydrogen-bond donors (Lipinski definition) is 1. The molecule has 184 valence electrons. The molecule has 11 heteroatoms. The molecule has 0 aliphatic carbocycles. The van der Waals surface area contributed by atoms with Crippen LogP contribution in [0.3, 0.4) is 0 Å². The Bertz CT molecular complexity index is 1120. The molecular weight excluding hydrogens is 478 g/mol. The van der Waals surface area contributed by atoms with E-state index in [1.165, 1.54) is 16.8 Å². The van der Waals surface area contributed by atoms with E-state index < -0.39 is 10.0 Å². The molecule has 0 aromatic carbocycles. The van der Waals surface area contributed by atoms with Crippen molar-refractivity contribution in [3.63, 3.8) is 0 Å². The Morgan fingerprint density at radius 2 is 2.03 bits per heavy atom. The van der Waals surface area contributed by atoms with Gasteiger partial charge in [0.1, 0.15) is 11.6 Å². The van der Waals surface area contributed by atoms with Gasteiger partial charge in [-0.15, -0.1) is 0 Å². The lowest BCUT2D eigenvalue weighted by Crippen LogP contribution is -2.42. The van der Waals surface area contributed by atoms with Crippen LogP contribution in [0.5, 0.6) is 0 Å². The summed E-state index contributed by atoms with van der Waals surface area (Å²) in [5.41, 5.74) is 1.82. The van der Waals surface area contributed by atoms with Gasteiger partial charge in [0, 0.05) is 62.6 Å². The minimum atomic E-state index is -3.31. The third-order valence-electron chi connectivity index (χ3n) is 6.40. The van der Waals surface area contributed by atoms with Gasteiger partial charge in [0.25, 0.3) is 0 Å². The highest BCUT2D eigenvalue weighted by molar-refractivity contribution is 7.88. The van der Waals surface area contributed by atoms with Crippen molar-refractivity contribution in [1.82, 2.24) is 19.3 Å². The molecule has 0 radical (unpaired) electrons. The maximum atomic E-state index is 12.9. The molecule has 0 unspecified atom stereocenters. The van der Waals surface area contributed by atoms with Crippen LogP contribution >= 0.6 is 11.6 Å². The number of aromatic nitrogens is 3. The number of carbonyl (C=O) groups is 1. The quantitative estimate of drug-likeness (QED) is 0.580. The summed E-state index contributed by atoms with van der Waals surface area (Å²) in [6, 6.07) is 1.77. The molecule has 2 aliphatic rings. The highest BCUT2D eigenvalue weighted by atomic mass is 35.5. The summed E-state index contributed by atoms with van der Waals surface area (Å²) in [5, 5.41) is 3.78. The van der Waals surface area contributed by atoms with Crippen LogP contribution in [0, 0.1) is 11.8 Å². The molecule has 0 bridgehead atoms. The summed E-state index contributed by atoms with van der Waals surface area (Å²) < 4.78 is 30.6. The first-order chi connectivity index (χ1) is 16.3. The molecule has 4 heterocycles. The Morgan fingerprint density at radius 1 is 1.24 bits per heavy atom. The number of piperidine rings is 1. The first-order valence-electron chi connectivity index (χ1n) is 11.6. The van der Waals surface area contributed by atoms with Crippen LogP contribution in [-0.4, -0.2) is 72.6 Å². The van der Waals surface area contributed by atoms with Crippen LogP contribution in [0.15, 0.2) is 24.7 Å². The fourth-order valence-electron chi connectivity index (χ4n) is 4.38. The SMILES string of the molecule is CS(=O)(=O)N1CCC[C@H](C(=O)Cc2cc(-c3cncc(NCC4CCOCC4)n3)c(Cl)cn2)C1. The van der Waals surface area contributed by atoms with Crippen molar-refractivity contribution < 1.29 is 17.9 Å². The summed E-state index contributed by atoms with van der Waals surface area (Å²) >= 11 is 6.41.